The number of carbonyl (C=O) groups is 1. The summed E-state index contributed by atoms with van der Waals surface area (Å²) < 4.78 is 7.20. The number of aromatic nitrogens is 5. The second kappa shape index (κ2) is 13.2. The summed E-state index contributed by atoms with van der Waals surface area (Å²) in [5, 5.41) is 18.3. The van der Waals surface area contributed by atoms with E-state index in [1.807, 2.05) is 64.4 Å². The van der Waals surface area contributed by atoms with Gasteiger partial charge in [0.2, 0.25) is 0 Å². The van der Waals surface area contributed by atoms with Gasteiger partial charge in [-0.05, 0) is 57.0 Å². The number of hydrogen-bond acceptors (Lipinski definition) is 9. The van der Waals surface area contributed by atoms with Gasteiger partial charge in [0.15, 0.2) is 5.78 Å². The normalized spacial score (nSPS) is 14.1. The summed E-state index contributed by atoms with van der Waals surface area (Å²) in [4.78, 5) is 27.0. The Kier molecular flexibility index (Phi) is 9.24. The number of hydrogen-bond donors (Lipinski definition) is 0. The van der Waals surface area contributed by atoms with Crippen molar-refractivity contribution in [2.24, 2.45) is 0 Å². The third kappa shape index (κ3) is 7.13. The molecule has 1 aliphatic rings. The molecule has 0 spiro atoms. The minimum atomic E-state index is -0.673. The van der Waals surface area contributed by atoms with Crippen molar-refractivity contribution >= 4 is 11.5 Å². The van der Waals surface area contributed by atoms with Crippen LogP contribution in [0.1, 0.15) is 48.0 Å². The van der Waals surface area contributed by atoms with Crippen molar-refractivity contribution in [3.05, 3.63) is 83.6 Å². The lowest BCUT2D eigenvalue weighted by molar-refractivity contribution is 0.0992. The van der Waals surface area contributed by atoms with E-state index in [2.05, 4.69) is 42.2 Å². The highest BCUT2D eigenvalue weighted by Crippen LogP contribution is 2.26. The molecule has 0 saturated carbocycles. The van der Waals surface area contributed by atoms with Crippen LogP contribution in [0.4, 0.5) is 5.69 Å². The highest BCUT2D eigenvalue weighted by molar-refractivity contribution is 5.97. The highest BCUT2D eigenvalue weighted by atomic mass is 16.5. The monoisotopic (exact) mass is 578 g/mol. The highest BCUT2D eigenvalue weighted by Gasteiger charge is 2.22. The largest absolute Gasteiger partial charge is 0.380 e. The van der Waals surface area contributed by atoms with E-state index < -0.39 is 5.41 Å². The van der Waals surface area contributed by atoms with E-state index in [0.717, 1.165) is 79.7 Å². The lowest BCUT2D eigenvalue weighted by Crippen LogP contribution is -2.47. The molecule has 0 radical (unpaired) electrons. The molecular weight excluding hydrogens is 540 g/mol. The second-order valence-electron chi connectivity index (χ2n) is 11.4. The van der Waals surface area contributed by atoms with Crippen molar-refractivity contribution in [1.29, 1.82) is 5.26 Å². The fourth-order valence-corrected chi connectivity index (χ4v) is 5.15. The Bertz CT molecular complexity index is 1620. The average molecular weight is 579 g/mol. The summed E-state index contributed by atoms with van der Waals surface area (Å²) in [6.45, 7) is 13.9. The van der Waals surface area contributed by atoms with Gasteiger partial charge < -0.3 is 9.64 Å². The zero-order valence-electron chi connectivity index (χ0n) is 25.3. The van der Waals surface area contributed by atoms with Gasteiger partial charge in [0, 0.05) is 69.3 Å². The molecule has 0 aliphatic carbocycles. The van der Waals surface area contributed by atoms with Crippen LogP contribution in [0, 0.1) is 18.3 Å². The van der Waals surface area contributed by atoms with E-state index in [0.29, 0.717) is 11.3 Å². The van der Waals surface area contributed by atoms with Crippen LogP contribution in [0.2, 0.25) is 0 Å². The molecule has 0 bridgehead atoms. The van der Waals surface area contributed by atoms with Gasteiger partial charge in [-0.2, -0.15) is 5.26 Å². The lowest BCUT2D eigenvalue weighted by atomic mass is 9.85. The SMILES string of the molecule is CCOCCN1CCN(c2cncc(-c3cn(-c4cc(CC(=O)c5cccc(C(C)(C)C#N)c5)cnc4C)nn3)c2)CC1. The van der Waals surface area contributed by atoms with Crippen molar-refractivity contribution in [3.8, 4) is 23.0 Å². The molecule has 0 N–H and O–H groups in total. The van der Waals surface area contributed by atoms with Crippen molar-refractivity contribution in [3.63, 3.8) is 0 Å². The van der Waals surface area contributed by atoms with Crippen LogP contribution in [-0.2, 0) is 16.6 Å². The van der Waals surface area contributed by atoms with Crippen LogP contribution in [-0.4, -0.2) is 81.6 Å². The van der Waals surface area contributed by atoms with Crippen LogP contribution < -0.4 is 4.90 Å². The van der Waals surface area contributed by atoms with Crippen LogP contribution in [0.5, 0.6) is 0 Å². The maximum absolute atomic E-state index is 13.2. The van der Waals surface area contributed by atoms with E-state index in [1.165, 1.54) is 0 Å². The Hall–Kier alpha value is -4.46. The number of piperazine rings is 1. The fraction of sp³-hybridized carbons (Fsp3) is 0.394. The van der Waals surface area contributed by atoms with E-state index in [-0.39, 0.29) is 12.2 Å². The van der Waals surface area contributed by atoms with E-state index >= 15 is 0 Å². The Balaban J connectivity index is 1.29. The summed E-state index contributed by atoms with van der Waals surface area (Å²) in [5.41, 5.74) is 5.70. The minimum Gasteiger partial charge on any atom is -0.380 e. The second-order valence-corrected chi connectivity index (χ2v) is 11.4. The zero-order chi connectivity index (χ0) is 30.4. The van der Waals surface area contributed by atoms with Gasteiger partial charge in [-0.25, -0.2) is 4.68 Å². The molecule has 1 fully saturated rings. The minimum absolute atomic E-state index is 0.0375. The number of ketones is 1. The predicted molar refractivity (Wildman–Crippen MR) is 165 cm³/mol. The number of anilines is 1. The molecule has 0 amide bonds. The number of carbonyl (C=O) groups excluding carboxylic acids is 1. The first-order valence-electron chi connectivity index (χ1n) is 14.7. The number of nitriles is 1. The van der Waals surface area contributed by atoms with Gasteiger partial charge >= 0.3 is 0 Å². The van der Waals surface area contributed by atoms with Crippen LogP contribution in [0.15, 0.2) is 61.2 Å². The maximum atomic E-state index is 13.2. The fourth-order valence-electron chi connectivity index (χ4n) is 5.15. The molecule has 1 saturated heterocycles. The third-order valence-corrected chi connectivity index (χ3v) is 7.92. The summed E-state index contributed by atoms with van der Waals surface area (Å²) in [6, 6.07) is 13.6. The quantitative estimate of drug-likeness (QED) is 0.189. The number of aryl methyl sites for hydroxylation is 1. The maximum Gasteiger partial charge on any atom is 0.167 e. The number of pyridine rings is 2. The molecule has 3 aromatic heterocycles. The van der Waals surface area contributed by atoms with Crippen molar-refractivity contribution < 1.29 is 9.53 Å². The van der Waals surface area contributed by atoms with Gasteiger partial charge in [0.25, 0.3) is 0 Å². The summed E-state index contributed by atoms with van der Waals surface area (Å²) in [7, 11) is 0. The smallest absolute Gasteiger partial charge is 0.167 e. The van der Waals surface area contributed by atoms with Crippen molar-refractivity contribution in [2.45, 2.75) is 39.5 Å². The standard InChI is InChI=1S/C33H38N8O2/c1-5-43-14-13-39-9-11-40(12-10-39)29-18-27(20-35-21-29)30-22-41(38-37-30)31-15-25(19-36-24(31)2)16-32(42)26-7-6-8-28(17-26)33(3,4)23-34/h6-8,15,17-22H,5,9-14,16H2,1-4H3. The summed E-state index contributed by atoms with van der Waals surface area (Å²) in [6.07, 6.45) is 7.48. The van der Waals surface area contributed by atoms with Gasteiger partial charge in [-0.15, -0.1) is 5.10 Å². The van der Waals surface area contributed by atoms with E-state index in [9.17, 15) is 10.1 Å². The van der Waals surface area contributed by atoms with Gasteiger partial charge in [-0.1, -0.05) is 23.4 Å². The lowest BCUT2D eigenvalue weighted by Gasteiger charge is -2.35. The Labute approximate surface area is 252 Å². The van der Waals surface area contributed by atoms with Crippen molar-refractivity contribution in [1.82, 2.24) is 29.9 Å². The number of ether oxygens (including phenoxy) is 1. The van der Waals surface area contributed by atoms with E-state index in [1.54, 1.807) is 23.1 Å². The number of Topliss-reactive ketones (excluding diaryl/α,β-unsaturated/α-hetero) is 1. The first-order valence-corrected chi connectivity index (χ1v) is 14.7. The molecule has 0 unspecified atom stereocenters. The Morgan fingerprint density at radius 1 is 1.09 bits per heavy atom. The molecule has 5 rings (SSSR count). The Morgan fingerprint density at radius 2 is 1.91 bits per heavy atom. The topological polar surface area (TPSA) is 113 Å². The molecule has 1 aromatic carbocycles. The molecule has 1 aliphatic heterocycles. The van der Waals surface area contributed by atoms with Crippen molar-refractivity contribution in [2.75, 3.05) is 50.8 Å². The molecule has 4 aromatic rings. The molecule has 10 nitrogen and oxygen atoms in total. The molecule has 222 valence electrons. The summed E-state index contributed by atoms with van der Waals surface area (Å²) >= 11 is 0. The Morgan fingerprint density at radius 3 is 2.67 bits per heavy atom. The van der Waals surface area contributed by atoms with Gasteiger partial charge in [-0.3, -0.25) is 19.7 Å². The molecule has 43 heavy (non-hydrogen) atoms. The molecule has 0 atom stereocenters. The van der Waals surface area contributed by atoms with Crippen LogP contribution in [0.3, 0.4) is 0 Å². The van der Waals surface area contributed by atoms with Crippen LogP contribution >= 0.6 is 0 Å². The molecule has 4 heterocycles. The molecule has 10 heteroatoms. The average Bonchev–Trinajstić information content (AvgIpc) is 3.53. The molecular formula is C33H38N8O2. The summed E-state index contributed by atoms with van der Waals surface area (Å²) in [5.74, 6) is -0.0375. The number of benzene rings is 1. The predicted octanol–water partition coefficient (Wildman–Crippen LogP) is 4.42. The number of nitrogens with zero attached hydrogens (tertiary/aromatic N) is 8. The number of rotatable bonds is 11. The van der Waals surface area contributed by atoms with Gasteiger partial charge in [0.1, 0.15) is 5.69 Å². The zero-order valence-corrected chi connectivity index (χ0v) is 25.3. The third-order valence-electron chi connectivity index (χ3n) is 7.92. The first-order chi connectivity index (χ1) is 20.8. The van der Waals surface area contributed by atoms with Gasteiger partial charge in [0.05, 0.1) is 47.6 Å². The first kappa shape index (κ1) is 30.0. The van der Waals surface area contributed by atoms with E-state index in [4.69, 9.17) is 4.74 Å². The van der Waals surface area contributed by atoms with Crippen LogP contribution in [0.25, 0.3) is 16.9 Å².